The number of nitrogens with zero attached hydrogens (tertiary/aromatic N) is 1. The smallest absolute Gasteiger partial charge is 0.106 e. The maximum absolute atomic E-state index is 4.26. The highest BCUT2D eigenvalue weighted by molar-refractivity contribution is 9.10. The first-order valence-corrected chi connectivity index (χ1v) is 8.40. The summed E-state index contributed by atoms with van der Waals surface area (Å²) < 4.78 is 2.33. The highest BCUT2D eigenvalue weighted by Gasteiger charge is 2.26. The van der Waals surface area contributed by atoms with E-state index in [1.54, 1.807) is 0 Å². The lowest BCUT2D eigenvalue weighted by Gasteiger charge is -2.28. The third kappa shape index (κ3) is 2.58. The topological polar surface area (TPSA) is 24.9 Å². The van der Waals surface area contributed by atoms with Crippen LogP contribution in [0.3, 0.4) is 0 Å². The standard InChI is InChI=1S/C13H13BrN2S2/c1-8-6-11(10-4-5-17-13(10)18-8)16-9-2-3-12(14)15-7-9/h2-5,7-8,11,16H,6H2,1H3/t8-,11?/m0/s1. The second kappa shape index (κ2) is 5.23. The summed E-state index contributed by atoms with van der Waals surface area (Å²) >= 11 is 7.20. The first-order chi connectivity index (χ1) is 8.72. The fourth-order valence-corrected chi connectivity index (χ4v) is 4.95. The van der Waals surface area contributed by atoms with E-state index in [9.17, 15) is 0 Å². The summed E-state index contributed by atoms with van der Waals surface area (Å²) in [4.78, 5) is 4.26. The van der Waals surface area contributed by atoms with Crippen LogP contribution >= 0.6 is 39.0 Å². The van der Waals surface area contributed by atoms with Crippen LogP contribution in [-0.4, -0.2) is 10.2 Å². The third-order valence-corrected chi connectivity index (χ3v) is 5.79. The van der Waals surface area contributed by atoms with Crippen LogP contribution in [-0.2, 0) is 0 Å². The minimum Gasteiger partial charge on any atom is -0.377 e. The van der Waals surface area contributed by atoms with Crippen molar-refractivity contribution in [3.63, 3.8) is 0 Å². The van der Waals surface area contributed by atoms with Gasteiger partial charge in [-0.1, -0.05) is 6.92 Å². The summed E-state index contributed by atoms with van der Waals surface area (Å²) in [5, 5.41) is 6.44. The Morgan fingerprint density at radius 1 is 1.39 bits per heavy atom. The van der Waals surface area contributed by atoms with Gasteiger partial charge in [0.1, 0.15) is 4.60 Å². The van der Waals surface area contributed by atoms with E-state index in [-0.39, 0.29) is 0 Å². The van der Waals surface area contributed by atoms with Gasteiger partial charge in [0.15, 0.2) is 0 Å². The first kappa shape index (κ1) is 12.5. The normalized spacial score (nSPS) is 22.6. The van der Waals surface area contributed by atoms with Crippen molar-refractivity contribution in [3.8, 4) is 0 Å². The van der Waals surface area contributed by atoms with E-state index in [1.807, 2.05) is 35.4 Å². The Balaban J connectivity index is 1.83. The van der Waals surface area contributed by atoms with Gasteiger partial charge in [-0.2, -0.15) is 0 Å². The molecule has 1 aliphatic heterocycles. The van der Waals surface area contributed by atoms with Gasteiger partial charge in [-0.3, -0.25) is 0 Å². The summed E-state index contributed by atoms with van der Waals surface area (Å²) in [5.74, 6) is 0. The monoisotopic (exact) mass is 340 g/mol. The third-order valence-electron chi connectivity index (χ3n) is 2.98. The zero-order chi connectivity index (χ0) is 12.5. The molecule has 3 rings (SSSR count). The number of pyridine rings is 1. The number of nitrogens with one attached hydrogen (secondary N) is 1. The molecule has 0 fully saturated rings. The largest absolute Gasteiger partial charge is 0.377 e. The molecule has 0 aromatic carbocycles. The van der Waals surface area contributed by atoms with E-state index < -0.39 is 0 Å². The van der Waals surface area contributed by atoms with Crippen molar-refractivity contribution in [1.29, 1.82) is 0 Å². The molecule has 18 heavy (non-hydrogen) atoms. The van der Waals surface area contributed by atoms with Crippen molar-refractivity contribution >= 4 is 44.7 Å². The molecule has 3 heterocycles. The van der Waals surface area contributed by atoms with Crippen LogP contribution in [0.25, 0.3) is 0 Å². The van der Waals surface area contributed by atoms with Crippen LogP contribution in [0.4, 0.5) is 5.69 Å². The van der Waals surface area contributed by atoms with Crippen LogP contribution in [0.5, 0.6) is 0 Å². The first-order valence-electron chi connectivity index (χ1n) is 5.84. The lowest BCUT2D eigenvalue weighted by Crippen LogP contribution is -2.19. The van der Waals surface area contributed by atoms with Gasteiger partial charge in [0, 0.05) is 5.25 Å². The second-order valence-corrected chi connectivity index (χ2v) is 7.83. The van der Waals surface area contributed by atoms with Gasteiger partial charge in [0.2, 0.25) is 0 Å². The van der Waals surface area contributed by atoms with Gasteiger partial charge in [0.05, 0.1) is 22.1 Å². The SMILES string of the molecule is C[C@H]1CC(Nc2ccc(Br)nc2)c2ccsc2S1. The molecule has 0 bridgehead atoms. The molecule has 0 saturated heterocycles. The van der Waals surface area contributed by atoms with Crippen molar-refractivity contribution in [3.05, 3.63) is 39.9 Å². The van der Waals surface area contributed by atoms with Crippen LogP contribution < -0.4 is 5.32 Å². The molecule has 94 valence electrons. The molecule has 0 radical (unpaired) electrons. The molecular formula is C13H13BrN2S2. The fourth-order valence-electron chi connectivity index (χ4n) is 2.15. The van der Waals surface area contributed by atoms with Crippen molar-refractivity contribution in [2.24, 2.45) is 0 Å². The number of anilines is 1. The van der Waals surface area contributed by atoms with Crippen molar-refractivity contribution in [2.45, 2.75) is 28.8 Å². The van der Waals surface area contributed by atoms with Gasteiger partial charge < -0.3 is 5.32 Å². The van der Waals surface area contributed by atoms with E-state index >= 15 is 0 Å². The number of fused-ring (bicyclic) bond motifs is 1. The Hall–Kier alpha value is -0.520. The number of thiophene rings is 1. The lowest BCUT2D eigenvalue weighted by molar-refractivity contribution is 0.669. The molecule has 5 heteroatoms. The summed E-state index contributed by atoms with van der Waals surface area (Å²) in [5.41, 5.74) is 2.52. The molecule has 0 saturated carbocycles. The lowest BCUT2D eigenvalue weighted by atomic mass is 10.0. The van der Waals surface area contributed by atoms with Gasteiger partial charge in [-0.25, -0.2) is 4.98 Å². The molecular weight excluding hydrogens is 328 g/mol. The maximum atomic E-state index is 4.26. The molecule has 1 unspecified atom stereocenters. The Labute approximate surface area is 123 Å². The average molecular weight is 341 g/mol. The zero-order valence-corrected chi connectivity index (χ0v) is 13.1. The van der Waals surface area contributed by atoms with Gasteiger partial charge in [-0.15, -0.1) is 23.1 Å². The van der Waals surface area contributed by atoms with E-state index in [0.29, 0.717) is 11.3 Å². The molecule has 1 N–H and O–H groups in total. The molecule has 2 aromatic rings. The molecule has 0 spiro atoms. The van der Waals surface area contributed by atoms with Gasteiger partial charge in [-0.05, 0) is 51.5 Å². The predicted octanol–water partition coefficient (Wildman–Crippen LogP) is 4.94. The minimum absolute atomic E-state index is 0.408. The molecule has 2 nitrogen and oxygen atoms in total. The average Bonchev–Trinajstić information content (AvgIpc) is 2.80. The molecule has 0 aliphatic carbocycles. The Bertz CT molecular complexity index is 538. The molecule has 2 aromatic heterocycles. The Morgan fingerprint density at radius 2 is 2.28 bits per heavy atom. The predicted molar refractivity (Wildman–Crippen MR) is 82.6 cm³/mol. The highest BCUT2D eigenvalue weighted by Crippen LogP contribution is 2.44. The summed E-state index contributed by atoms with van der Waals surface area (Å²) in [6.45, 7) is 2.29. The van der Waals surface area contributed by atoms with E-state index in [1.165, 1.54) is 9.77 Å². The van der Waals surface area contributed by atoms with Crippen LogP contribution in [0.1, 0.15) is 24.9 Å². The minimum atomic E-state index is 0.408. The van der Waals surface area contributed by atoms with Gasteiger partial charge in [0.25, 0.3) is 0 Å². The number of halogens is 1. The Morgan fingerprint density at radius 3 is 3.06 bits per heavy atom. The number of hydrogen-bond acceptors (Lipinski definition) is 4. The number of thioether (sulfide) groups is 1. The number of aromatic nitrogens is 1. The fraction of sp³-hybridized carbons (Fsp3) is 0.308. The van der Waals surface area contributed by atoms with Crippen molar-refractivity contribution < 1.29 is 0 Å². The summed E-state index contributed by atoms with van der Waals surface area (Å²) in [7, 11) is 0. The van der Waals surface area contributed by atoms with Gasteiger partial charge >= 0.3 is 0 Å². The summed E-state index contributed by atoms with van der Waals surface area (Å²) in [6.07, 6.45) is 3.03. The van der Waals surface area contributed by atoms with Crippen LogP contribution in [0.2, 0.25) is 0 Å². The zero-order valence-electron chi connectivity index (χ0n) is 9.89. The molecule has 2 atom stereocenters. The van der Waals surface area contributed by atoms with E-state index in [0.717, 1.165) is 16.7 Å². The quantitative estimate of drug-likeness (QED) is 0.783. The summed E-state index contributed by atoms with van der Waals surface area (Å²) in [6, 6.07) is 6.68. The number of hydrogen-bond donors (Lipinski definition) is 1. The van der Waals surface area contributed by atoms with E-state index in [2.05, 4.69) is 50.7 Å². The van der Waals surface area contributed by atoms with Crippen molar-refractivity contribution in [2.75, 3.05) is 5.32 Å². The van der Waals surface area contributed by atoms with E-state index in [4.69, 9.17) is 0 Å². The Kier molecular flexibility index (Phi) is 3.63. The molecule has 0 amide bonds. The van der Waals surface area contributed by atoms with Crippen LogP contribution in [0, 0.1) is 0 Å². The second-order valence-electron chi connectivity index (χ2n) is 4.39. The van der Waals surface area contributed by atoms with Crippen LogP contribution in [0.15, 0.2) is 38.6 Å². The number of rotatable bonds is 2. The highest BCUT2D eigenvalue weighted by atomic mass is 79.9. The maximum Gasteiger partial charge on any atom is 0.106 e. The van der Waals surface area contributed by atoms with Crippen molar-refractivity contribution in [1.82, 2.24) is 4.98 Å². The molecule has 1 aliphatic rings.